The number of benzene rings is 2. The Morgan fingerprint density at radius 1 is 1.03 bits per heavy atom. The lowest BCUT2D eigenvalue weighted by atomic mass is 10.1. The summed E-state index contributed by atoms with van der Waals surface area (Å²) in [5.41, 5.74) is -0.206. The van der Waals surface area contributed by atoms with Crippen LogP contribution in [0.4, 0.5) is 0 Å². The van der Waals surface area contributed by atoms with Gasteiger partial charge in [0.1, 0.15) is 19.0 Å². The van der Waals surface area contributed by atoms with Crippen LogP contribution in [-0.4, -0.2) is 55.8 Å². The number of carbonyl (C=O) groups excluding carboxylic acids is 1. The highest BCUT2D eigenvalue weighted by atomic mass is 32.2. The lowest BCUT2D eigenvalue weighted by Gasteiger charge is -2.13. The lowest BCUT2D eigenvalue weighted by Crippen LogP contribution is -2.28. The molecule has 32 heavy (non-hydrogen) atoms. The molecule has 0 atom stereocenters. The van der Waals surface area contributed by atoms with E-state index in [2.05, 4.69) is 5.10 Å². The van der Waals surface area contributed by atoms with Gasteiger partial charge in [-0.15, -0.1) is 0 Å². The Kier molecular flexibility index (Phi) is 6.95. The zero-order valence-corrected chi connectivity index (χ0v) is 19.1. The molecule has 0 saturated heterocycles. The van der Waals surface area contributed by atoms with Crippen molar-refractivity contribution < 1.29 is 22.7 Å². The van der Waals surface area contributed by atoms with E-state index < -0.39 is 16.0 Å². The third-order valence-electron chi connectivity index (χ3n) is 4.70. The maximum absolute atomic E-state index is 12.6. The van der Waals surface area contributed by atoms with Gasteiger partial charge in [-0.2, -0.15) is 5.10 Å². The summed E-state index contributed by atoms with van der Waals surface area (Å²) in [7, 11) is -0.599. The predicted molar refractivity (Wildman–Crippen MR) is 119 cm³/mol. The first kappa shape index (κ1) is 23.4. The van der Waals surface area contributed by atoms with Crippen molar-refractivity contribution in [1.29, 1.82) is 0 Å². The third-order valence-corrected chi connectivity index (χ3v) is 6.53. The van der Waals surface area contributed by atoms with Crippen molar-refractivity contribution >= 4 is 26.8 Å². The van der Waals surface area contributed by atoms with E-state index in [1.807, 2.05) is 0 Å². The van der Waals surface area contributed by atoms with E-state index in [1.165, 1.54) is 43.0 Å². The molecule has 0 unspecified atom stereocenters. The predicted octanol–water partition coefficient (Wildman–Crippen LogP) is 2.46. The van der Waals surface area contributed by atoms with Gasteiger partial charge in [0, 0.05) is 19.5 Å². The number of hydrogen-bond donors (Lipinski definition) is 0. The maximum Gasteiger partial charge on any atom is 0.359 e. The van der Waals surface area contributed by atoms with Crippen molar-refractivity contribution in [2.24, 2.45) is 0 Å². The SMILES string of the molecule is CC(C)n1nc(C(=O)OCCOc2ccc(S(=O)(=O)N(C)C)cc2)c2ccccc2c1=O. The summed E-state index contributed by atoms with van der Waals surface area (Å²) in [5.74, 6) is -0.220. The van der Waals surface area contributed by atoms with Crippen molar-refractivity contribution in [3.63, 3.8) is 0 Å². The normalized spacial score (nSPS) is 11.8. The Hall–Kier alpha value is -3.24. The minimum absolute atomic E-state index is 0.0482. The molecule has 9 nitrogen and oxygen atoms in total. The summed E-state index contributed by atoms with van der Waals surface area (Å²) in [6.45, 7) is 3.63. The molecule has 0 amide bonds. The zero-order valence-electron chi connectivity index (χ0n) is 18.3. The van der Waals surface area contributed by atoms with Crippen molar-refractivity contribution in [1.82, 2.24) is 14.1 Å². The zero-order chi connectivity index (χ0) is 23.5. The third kappa shape index (κ3) is 4.81. The lowest BCUT2D eigenvalue weighted by molar-refractivity contribution is 0.0443. The second-order valence-corrected chi connectivity index (χ2v) is 9.63. The van der Waals surface area contributed by atoms with Crippen LogP contribution in [0.1, 0.15) is 30.4 Å². The number of aromatic nitrogens is 2. The molecule has 1 heterocycles. The van der Waals surface area contributed by atoms with Crippen LogP contribution in [0.2, 0.25) is 0 Å². The van der Waals surface area contributed by atoms with Crippen molar-refractivity contribution in [3.05, 3.63) is 64.6 Å². The van der Waals surface area contributed by atoms with E-state index in [1.54, 1.807) is 38.1 Å². The molecular formula is C22H25N3O6S. The molecular weight excluding hydrogens is 434 g/mol. The first-order chi connectivity index (χ1) is 15.1. The van der Waals surface area contributed by atoms with E-state index in [-0.39, 0.29) is 35.4 Å². The molecule has 3 aromatic rings. The van der Waals surface area contributed by atoms with Gasteiger partial charge in [0.15, 0.2) is 5.69 Å². The van der Waals surface area contributed by atoms with Gasteiger partial charge in [-0.1, -0.05) is 18.2 Å². The molecule has 0 saturated carbocycles. The van der Waals surface area contributed by atoms with E-state index in [9.17, 15) is 18.0 Å². The highest BCUT2D eigenvalue weighted by molar-refractivity contribution is 7.89. The molecule has 0 bridgehead atoms. The number of esters is 1. The number of ether oxygens (including phenoxy) is 2. The smallest absolute Gasteiger partial charge is 0.359 e. The van der Waals surface area contributed by atoms with Crippen molar-refractivity contribution in [2.75, 3.05) is 27.3 Å². The van der Waals surface area contributed by atoms with E-state index in [4.69, 9.17) is 9.47 Å². The van der Waals surface area contributed by atoms with Crippen molar-refractivity contribution in [3.8, 4) is 5.75 Å². The van der Waals surface area contributed by atoms with Crippen LogP contribution in [0.3, 0.4) is 0 Å². The largest absolute Gasteiger partial charge is 0.490 e. The van der Waals surface area contributed by atoms with Gasteiger partial charge in [-0.05, 0) is 44.2 Å². The average Bonchev–Trinajstić information content (AvgIpc) is 2.77. The highest BCUT2D eigenvalue weighted by Crippen LogP contribution is 2.18. The number of fused-ring (bicyclic) bond motifs is 1. The van der Waals surface area contributed by atoms with Gasteiger partial charge in [-0.25, -0.2) is 22.2 Å². The molecule has 0 spiro atoms. The first-order valence-corrected chi connectivity index (χ1v) is 11.4. The highest BCUT2D eigenvalue weighted by Gasteiger charge is 2.19. The fraction of sp³-hybridized carbons (Fsp3) is 0.318. The first-order valence-electron chi connectivity index (χ1n) is 9.97. The summed E-state index contributed by atoms with van der Waals surface area (Å²) >= 11 is 0. The fourth-order valence-corrected chi connectivity index (χ4v) is 3.89. The Morgan fingerprint density at radius 2 is 1.66 bits per heavy atom. The standard InChI is InChI=1S/C22H25N3O6S/c1-15(2)25-21(26)19-8-6-5-7-18(19)20(23-25)22(27)31-14-13-30-16-9-11-17(12-10-16)32(28,29)24(3)4/h5-12,15H,13-14H2,1-4H3. The number of rotatable bonds is 8. The molecule has 10 heteroatoms. The van der Waals surface area contributed by atoms with Crippen LogP contribution in [0.25, 0.3) is 10.8 Å². The molecule has 0 radical (unpaired) electrons. The van der Waals surface area contributed by atoms with Crippen LogP contribution in [0.5, 0.6) is 5.75 Å². The Bertz CT molecular complexity index is 1280. The van der Waals surface area contributed by atoms with Gasteiger partial charge < -0.3 is 9.47 Å². The van der Waals surface area contributed by atoms with E-state index >= 15 is 0 Å². The van der Waals surface area contributed by atoms with Gasteiger partial charge >= 0.3 is 5.97 Å². The molecule has 0 aliphatic carbocycles. The number of sulfonamides is 1. The number of hydrogen-bond acceptors (Lipinski definition) is 7. The molecule has 0 aliphatic heterocycles. The second kappa shape index (κ2) is 9.49. The molecule has 2 aromatic carbocycles. The average molecular weight is 460 g/mol. The maximum atomic E-state index is 12.6. The van der Waals surface area contributed by atoms with Crippen LogP contribution in [-0.2, 0) is 14.8 Å². The molecule has 170 valence electrons. The number of nitrogens with zero attached hydrogens (tertiary/aromatic N) is 3. The minimum Gasteiger partial charge on any atom is -0.490 e. The van der Waals surface area contributed by atoms with E-state index in [0.717, 1.165) is 4.31 Å². The van der Waals surface area contributed by atoms with Crippen LogP contribution in [0.15, 0.2) is 58.2 Å². The van der Waals surface area contributed by atoms with Crippen LogP contribution >= 0.6 is 0 Å². The molecule has 3 rings (SSSR count). The summed E-state index contributed by atoms with van der Waals surface area (Å²) in [4.78, 5) is 25.4. The minimum atomic E-state index is -3.51. The van der Waals surface area contributed by atoms with Gasteiger partial charge in [0.2, 0.25) is 10.0 Å². The summed E-state index contributed by atoms with van der Waals surface area (Å²) in [6, 6.07) is 12.5. The van der Waals surface area contributed by atoms with E-state index in [0.29, 0.717) is 16.5 Å². The van der Waals surface area contributed by atoms with Gasteiger partial charge in [0.05, 0.1) is 16.3 Å². The summed E-state index contributed by atoms with van der Waals surface area (Å²) < 4.78 is 37.4. The quantitative estimate of drug-likeness (QED) is 0.376. The summed E-state index contributed by atoms with van der Waals surface area (Å²) in [6.07, 6.45) is 0. The Balaban J connectivity index is 1.67. The topological polar surface area (TPSA) is 108 Å². The fourth-order valence-electron chi connectivity index (χ4n) is 2.99. The number of carbonyl (C=O) groups is 1. The molecule has 1 aromatic heterocycles. The molecule has 0 aliphatic rings. The molecule has 0 fully saturated rings. The summed E-state index contributed by atoms with van der Waals surface area (Å²) in [5, 5.41) is 5.04. The Labute approximate surface area is 186 Å². The Morgan fingerprint density at radius 3 is 2.25 bits per heavy atom. The second-order valence-electron chi connectivity index (χ2n) is 7.48. The monoisotopic (exact) mass is 459 g/mol. The van der Waals surface area contributed by atoms with Crippen LogP contribution < -0.4 is 10.3 Å². The molecule has 0 N–H and O–H groups in total. The van der Waals surface area contributed by atoms with Gasteiger partial charge in [0.25, 0.3) is 5.56 Å². The van der Waals surface area contributed by atoms with Gasteiger partial charge in [-0.3, -0.25) is 4.79 Å². The van der Waals surface area contributed by atoms with Crippen LogP contribution in [0, 0.1) is 0 Å². The van der Waals surface area contributed by atoms with Crippen molar-refractivity contribution in [2.45, 2.75) is 24.8 Å².